The third kappa shape index (κ3) is 21.5. The van der Waals surface area contributed by atoms with Crippen molar-refractivity contribution in [1.82, 2.24) is 37.2 Å². The average molecular weight is 953 g/mol. The zero-order chi connectivity index (χ0) is 50.3. The number of carbonyl (C=O) groups is 10. The number of aliphatic hydroxyl groups is 2. The maximum Gasteiger partial charge on any atom is 0.305 e. The van der Waals surface area contributed by atoms with Crippen molar-refractivity contribution >= 4 is 70.1 Å². The molecule has 0 radical (unpaired) electrons. The van der Waals surface area contributed by atoms with Gasteiger partial charge < -0.3 is 69.7 Å². The van der Waals surface area contributed by atoms with Crippen LogP contribution in [0.1, 0.15) is 79.2 Å². The third-order valence-corrected chi connectivity index (χ3v) is 10.7. The second-order valence-corrected chi connectivity index (χ2v) is 17.5. The lowest BCUT2D eigenvalue weighted by Gasteiger charge is -2.30. The molecule has 24 heteroatoms. The molecule has 0 bridgehead atoms. The number of amides is 8. The fourth-order valence-corrected chi connectivity index (χ4v) is 6.81. The van der Waals surface area contributed by atoms with E-state index in [-0.39, 0.29) is 38.1 Å². The molecule has 0 saturated carbocycles. The molecule has 1 aromatic rings. The van der Waals surface area contributed by atoms with Crippen LogP contribution in [0.25, 0.3) is 0 Å². The number of nitrogens with one attached hydrogen (secondary N) is 7. The van der Waals surface area contributed by atoms with E-state index in [2.05, 4.69) is 37.2 Å². The van der Waals surface area contributed by atoms with Gasteiger partial charge in [-0.3, -0.25) is 47.9 Å². The summed E-state index contributed by atoms with van der Waals surface area (Å²) >= 11 is 0.812. The number of carboxylic acid groups (broad SMARTS) is 1. The van der Waals surface area contributed by atoms with Crippen molar-refractivity contribution < 1.29 is 63.3 Å². The molecule has 66 heavy (non-hydrogen) atoms. The number of carbonyl (C=O) groups excluding carboxylic acids is 9. The highest BCUT2D eigenvalue weighted by atomic mass is 32.2. The number of carboxylic acids is 1. The van der Waals surface area contributed by atoms with Crippen molar-refractivity contribution in [2.24, 2.45) is 29.0 Å². The fourth-order valence-electron chi connectivity index (χ4n) is 6.10. The predicted molar refractivity (Wildman–Crippen MR) is 242 cm³/mol. The largest absolute Gasteiger partial charge is 0.481 e. The SMILES string of the molecule is CC(C)[C@H](NC(=O)[C@H](CCCCN)NC(=O)[C@@H](NC(=O)[C@@H](NC(=O)[C@H](Cc1ccccc1)NC(=O)[C@@H](NC(=O)[C@@H](N)CC(=O)O)[C@@H](C)O)[C@@H](C)O)C(C)C)C(=O)NCC(=O)SCCC(N)=O. The Labute approximate surface area is 388 Å². The molecule has 0 spiro atoms. The van der Waals surface area contributed by atoms with E-state index >= 15 is 0 Å². The first-order valence-corrected chi connectivity index (χ1v) is 22.5. The van der Waals surface area contributed by atoms with Gasteiger partial charge in [0, 0.05) is 18.6 Å². The molecule has 9 atom stereocenters. The third-order valence-electron chi connectivity index (χ3n) is 9.86. The van der Waals surface area contributed by atoms with Gasteiger partial charge >= 0.3 is 5.97 Å². The maximum atomic E-state index is 13.9. The van der Waals surface area contributed by atoms with E-state index in [4.69, 9.17) is 22.3 Å². The minimum atomic E-state index is -1.73. The summed E-state index contributed by atoms with van der Waals surface area (Å²) in [5.74, 6) is -9.36. The van der Waals surface area contributed by atoms with Crippen molar-refractivity contribution in [1.29, 1.82) is 0 Å². The fraction of sp³-hybridized carbons (Fsp3) is 0.619. The summed E-state index contributed by atoms with van der Waals surface area (Å²) in [6, 6.07) is -1.95. The number of benzene rings is 1. The molecular formula is C42H68N10O13S. The van der Waals surface area contributed by atoms with Crippen molar-refractivity contribution in [3.63, 3.8) is 0 Å². The second-order valence-electron chi connectivity index (χ2n) is 16.4. The second kappa shape index (κ2) is 29.8. The van der Waals surface area contributed by atoms with Gasteiger partial charge in [-0.05, 0) is 57.1 Å². The first-order chi connectivity index (χ1) is 30.9. The minimum absolute atomic E-state index is 0.0310. The Balaban J connectivity index is 3.31. The van der Waals surface area contributed by atoms with Gasteiger partial charge in [-0.2, -0.15) is 0 Å². The molecule has 0 saturated heterocycles. The number of aliphatic hydroxyl groups excluding tert-OH is 2. The molecule has 370 valence electrons. The first-order valence-electron chi connectivity index (χ1n) is 21.5. The number of aliphatic carboxylic acids is 1. The van der Waals surface area contributed by atoms with Gasteiger partial charge in [0.15, 0.2) is 0 Å². The van der Waals surface area contributed by atoms with Gasteiger partial charge in [-0.25, -0.2) is 0 Å². The normalized spacial score (nSPS) is 15.3. The molecule has 0 aliphatic carbocycles. The van der Waals surface area contributed by atoms with E-state index in [0.29, 0.717) is 18.4 Å². The highest BCUT2D eigenvalue weighted by Crippen LogP contribution is 2.11. The van der Waals surface area contributed by atoms with Gasteiger partial charge in [-0.1, -0.05) is 69.8 Å². The van der Waals surface area contributed by atoms with Gasteiger partial charge in [-0.15, -0.1) is 0 Å². The molecule has 8 amide bonds. The van der Waals surface area contributed by atoms with Gasteiger partial charge in [0.25, 0.3) is 0 Å². The van der Waals surface area contributed by atoms with Crippen LogP contribution in [0.4, 0.5) is 0 Å². The number of rotatable bonds is 30. The Bertz CT molecular complexity index is 1820. The Hall–Kier alpha value is -5.69. The number of hydrogen-bond acceptors (Lipinski definition) is 15. The summed E-state index contributed by atoms with van der Waals surface area (Å²) in [5.41, 5.74) is 16.9. The minimum Gasteiger partial charge on any atom is -0.481 e. The van der Waals surface area contributed by atoms with Crippen LogP contribution >= 0.6 is 11.8 Å². The van der Waals surface area contributed by atoms with Gasteiger partial charge in [0.05, 0.1) is 31.2 Å². The zero-order valence-electron chi connectivity index (χ0n) is 38.2. The van der Waals surface area contributed by atoms with Gasteiger partial charge in [0.1, 0.15) is 36.3 Å². The number of unbranched alkanes of at least 4 members (excludes halogenated alkanes) is 1. The van der Waals surface area contributed by atoms with Crippen LogP contribution in [-0.2, 0) is 54.4 Å². The molecule has 0 aliphatic heterocycles. The summed E-state index contributed by atoms with van der Waals surface area (Å²) in [4.78, 5) is 129. The number of hydrogen-bond donors (Lipinski definition) is 13. The lowest BCUT2D eigenvalue weighted by atomic mass is 9.99. The standard InChI is InChI=1S/C42H68N10O13S/c1-21(2)32(39(62)46-20-31(58)66-17-15-29(45)55)49-37(60)27(14-10-11-16-43)47-40(63)33(22(3)4)50-42(65)35(24(6)54)52-38(61)28(18-25-12-8-7-9-13-25)48-41(64)34(23(5)53)51-36(59)26(44)19-30(56)57/h7-9,12-13,21-24,26-28,32-35,53-54H,10-11,14-20,43-44H2,1-6H3,(H2,45,55)(H,46,62)(H,47,63)(H,48,64)(H,49,60)(H,50,65)(H,51,59)(H,52,61)(H,56,57)/t23-,24-,26+,27+,28+,32+,33+,34+,35+/m1/s1. The smallest absolute Gasteiger partial charge is 0.305 e. The number of primary amides is 1. The molecule has 1 aromatic carbocycles. The molecule has 0 aromatic heterocycles. The van der Waals surface area contributed by atoms with Crippen LogP contribution in [0.5, 0.6) is 0 Å². The molecule has 1 rings (SSSR count). The molecule has 0 aliphatic rings. The molecule has 0 heterocycles. The average Bonchev–Trinajstić information content (AvgIpc) is 3.23. The maximum absolute atomic E-state index is 13.9. The van der Waals surface area contributed by atoms with Crippen molar-refractivity contribution in [3.05, 3.63) is 35.9 Å². The Morgan fingerprint density at radius 1 is 0.621 bits per heavy atom. The van der Waals surface area contributed by atoms with E-state index in [1.807, 2.05) is 0 Å². The highest BCUT2D eigenvalue weighted by molar-refractivity contribution is 8.13. The zero-order valence-corrected chi connectivity index (χ0v) is 39.0. The van der Waals surface area contributed by atoms with E-state index < -0.39 is 131 Å². The monoisotopic (exact) mass is 952 g/mol. The molecule has 0 unspecified atom stereocenters. The Kier molecular flexibility index (Phi) is 26.3. The van der Waals surface area contributed by atoms with E-state index in [1.54, 1.807) is 58.0 Å². The van der Waals surface area contributed by atoms with Crippen LogP contribution in [-0.4, -0.2) is 147 Å². The Morgan fingerprint density at radius 3 is 1.61 bits per heavy atom. The topological polar surface area (TPSA) is 394 Å². The number of nitrogens with two attached hydrogens (primary N) is 3. The summed E-state index contributed by atoms with van der Waals surface area (Å²) < 4.78 is 0. The predicted octanol–water partition coefficient (Wildman–Crippen LogP) is -3.61. The molecule has 16 N–H and O–H groups in total. The first kappa shape index (κ1) is 58.3. The van der Waals surface area contributed by atoms with Crippen molar-refractivity contribution in [3.8, 4) is 0 Å². The van der Waals surface area contributed by atoms with Crippen LogP contribution in [0.3, 0.4) is 0 Å². The lowest BCUT2D eigenvalue weighted by Crippen LogP contribution is -2.63. The summed E-state index contributed by atoms with van der Waals surface area (Å²) in [6.45, 7) is 8.74. The van der Waals surface area contributed by atoms with Crippen LogP contribution < -0.4 is 54.4 Å². The van der Waals surface area contributed by atoms with Crippen molar-refractivity contribution in [2.45, 2.75) is 135 Å². The summed E-state index contributed by atoms with van der Waals surface area (Å²) in [5, 5.41) is 47.0. The quantitative estimate of drug-likeness (QED) is 0.0331. The number of thioether (sulfide) groups is 1. The van der Waals surface area contributed by atoms with E-state index in [9.17, 15) is 58.2 Å². The Morgan fingerprint density at radius 2 is 1.09 bits per heavy atom. The van der Waals surface area contributed by atoms with Crippen LogP contribution in [0.15, 0.2) is 30.3 Å². The molecular weight excluding hydrogens is 885 g/mol. The van der Waals surface area contributed by atoms with Crippen molar-refractivity contribution in [2.75, 3.05) is 18.8 Å². The van der Waals surface area contributed by atoms with Crippen LogP contribution in [0, 0.1) is 11.8 Å². The molecule has 23 nitrogen and oxygen atoms in total. The highest BCUT2D eigenvalue weighted by Gasteiger charge is 2.37. The summed E-state index contributed by atoms with van der Waals surface area (Å²) in [7, 11) is 0. The van der Waals surface area contributed by atoms with Gasteiger partial charge in [0.2, 0.25) is 52.4 Å². The lowest BCUT2D eigenvalue weighted by molar-refractivity contribution is -0.140. The van der Waals surface area contributed by atoms with Crippen LogP contribution in [0.2, 0.25) is 0 Å². The van der Waals surface area contributed by atoms with E-state index in [0.717, 1.165) is 18.7 Å². The van der Waals surface area contributed by atoms with E-state index in [1.165, 1.54) is 6.92 Å². The molecule has 0 fully saturated rings. The summed E-state index contributed by atoms with van der Waals surface area (Å²) in [6.07, 6.45) is -3.22.